The quantitative estimate of drug-likeness (QED) is 0.430. The van der Waals surface area contributed by atoms with Crippen molar-refractivity contribution < 1.29 is 14.8 Å². The van der Waals surface area contributed by atoms with Crippen molar-refractivity contribution in [3.63, 3.8) is 0 Å². The van der Waals surface area contributed by atoms with Crippen LogP contribution in [0, 0.1) is 10.1 Å². The minimum Gasteiger partial charge on any atom is -0.508 e. The number of amides is 1. The molecule has 0 aliphatic heterocycles. The fourth-order valence-electron chi connectivity index (χ4n) is 1.74. The summed E-state index contributed by atoms with van der Waals surface area (Å²) in [6.07, 6.45) is 3.02. The number of carbonyl (C=O) groups excluding carboxylic acids is 1. The molecule has 1 atom stereocenters. The van der Waals surface area contributed by atoms with Gasteiger partial charge in [-0.3, -0.25) is 19.6 Å². The summed E-state index contributed by atoms with van der Waals surface area (Å²) >= 11 is 0. The number of nitrogens with zero attached hydrogens (tertiary/aromatic N) is 3. The number of benzene rings is 1. The molecule has 9 nitrogen and oxygen atoms in total. The number of hydrogen-bond acceptors (Lipinski definition) is 6. The van der Waals surface area contributed by atoms with Crippen LogP contribution in [-0.2, 0) is 11.8 Å². The molecule has 110 valence electrons. The molecule has 0 aliphatic rings. The molecule has 2 rings (SSSR count). The molecule has 1 aromatic heterocycles. The van der Waals surface area contributed by atoms with Crippen LogP contribution in [0.5, 0.6) is 5.75 Å². The van der Waals surface area contributed by atoms with Crippen molar-refractivity contribution in [3.05, 3.63) is 46.3 Å². The normalized spacial score (nSPS) is 11.9. The molecule has 1 heterocycles. The second-order valence-corrected chi connectivity index (χ2v) is 4.37. The minimum absolute atomic E-state index is 0.0397. The van der Waals surface area contributed by atoms with Gasteiger partial charge in [0.15, 0.2) is 0 Å². The maximum atomic E-state index is 12.0. The summed E-state index contributed by atoms with van der Waals surface area (Å²) in [4.78, 5) is 22.2. The number of aryl methyl sites for hydroxylation is 1. The number of nitrogens with two attached hydrogens (primary N) is 1. The largest absolute Gasteiger partial charge is 0.508 e. The third-order valence-electron chi connectivity index (χ3n) is 2.80. The molecule has 9 heteroatoms. The second-order valence-electron chi connectivity index (χ2n) is 4.37. The van der Waals surface area contributed by atoms with Gasteiger partial charge in [-0.2, -0.15) is 5.10 Å². The monoisotopic (exact) mass is 291 g/mol. The SMILES string of the molecule is Cn1cc(C(N)C(=O)Nc2ccc(O)cc2[N+](=O)[O-])cn1. The highest BCUT2D eigenvalue weighted by atomic mass is 16.6. The molecule has 0 radical (unpaired) electrons. The molecular formula is C12H13N5O4. The number of nitro groups is 1. The maximum Gasteiger partial charge on any atom is 0.296 e. The molecule has 4 N–H and O–H groups in total. The highest BCUT2D eigenvalue weighted by Crippen LogP contribution is 2.29. The minimum atomic E-state index is -1.01. The van der Waals surface area contributed by atoms with Crippen molar-refractivity contribution in [1.82, 2.24) is 9.78 Å². The van der Waals surface area contributed by atoms with E-state index in [0.29, 0.717) is 5.56 Å². The molecule has 0 fully saturated rings. The van der Waals surface area contributed by atoms with E-state index in [4.69, 9.17) is 5.73 Å². The summed E-state index contributed by atoms with van der Waals surface area (Å²) in [5.74, 6) is -0.881. The zero-order valence-corrected chi connectivity index (χ0v) is 11.1. The lowest BCUT2D eigenvalue weighted by Crippen LogP contribution is -2.27. The van der Waals surface area contributed by atoms with Gasteiger partial charge in [0.2, 0.25) is 5.91 Å². The van der Waals surface area contributed by atoms with E-state index < -0.39 is 22.6 Å². The van der Waals surface area contributed by atoms with E-state index in [-0.39, 0.29) is 11.4 Å². The first-order valence-corrected chi connectivity index (χ1v) is 5.91. The Morgan fingerprint density at radius 2 is 2.29 bits per heavy atom. The number of anilines is 1. The van der Waals surface area contributed by atoms with Crippen LogP contribution in [0.25, 0.3) is 0 Å². The number of phenolic OH excluding ortho intramolecular Hbond substituents is 1. The van der Waals surface area contributed by atoms with Gasteiger partial charge in [-0.15, -0.1) is 0 Å². The van der Waals surface area contributed by atoms with Gasteiger partial charge >= 0.3 is 0 Å². The predicted octanol–water partition coefficient (Wildman–Crippen LogP) is 0.672. The average Bonchev–Trinajstić information content (AvgIpc) is 2.86. The van der Waals surface area contributed by atoms with Crippen molar-refractivity contribution in [1.29, 1.82) is 0 Å². The van der Waals surface area contributed by atoms with Crippen LogP contribution in [0.1, 0.15) is 11.6 Å². The molecular weight excluding hydrogens is 278 g/mol. The standard InChI is InChI=1S/C12H13N5O4/c1-16-6-7(5-14-16)11(13)12(19)15-9-3-2-8(18)4-10(9)17(20)21/h2-6,11,18H,13H2,1H3,(H,15,19). The van der Waals surface area contributed by atoms with Gasteiger partial charge in [-0.25, -0.2) is 0 Å². The Hall–Kier alpha value is -2.94. The van der Waals surface area contributed by atoms with Gasteiger partial charge < -0.3 is 16.2 Å². The smallest absolute Gasteiger partial charge is 0.296 e. The van der Waals surface area contributed by atoms with Crippen molar-refractivity contribution in [2.24, 2.45) is 12.8 Å². The van der Waals surface area contributed by atoms with E-state index in [1.807, 2.05) is 0 Å². The second kappa shape index (κ2) is 5.59. The summed E-state index contributed by atoms with van der Waals surface area (Å²) in [6.45, 7) is 0. The molecule has 0 spiro atoms. The molecule has 0 bridgehead atoms. The highest BCUT2D eigenvalue weighted by molar-refractivity contribution is 5.97. The number of aromatic hydroxyl groups is 1. The number of nitro benzene ring substituents is 1. The molecule has 1 aromatic carbocycles. The van der Waals surface area contributed by atoms with Gasteiger partial charge in [0, 0.05) is 18.8 Å². The fraction of sp³-hybridized carbons (Fsp3) is 0.167. The lowest BCUT2D eigenvalue weighted by Gasteiger charge is -2.11. The first-order valence-electron chi connectivity index (χ1n) is 5.91. The molecule has 0 aliphatic carbocycles. The summed E-state index contributed by atoms with van der Waals surface area (Å²) < 4.78 is 1.49. The maximum absolute atomic E-state index is 12.0. The van der Waals surface area contributed by atoms with Crippen LogP contribution >= 0.6 is 0 Å². The van der Waals surface area contributed by atoms with E-state index in [0.717, 1.165) is 6.07 Å². The van der Waals surface area contributed by atoms with E-state index in [2.05, 4.69) is 10.4 Å². The molecule has 1 unspecified atom stereocenters. The Balaban J connectivity index is 2.22. The van der Waals surface area contributed by atoms with E-state index in [9.17, 15) is 20.0 Å². The summed E-state index contributed by atoms with van der Waals surface area (Å²) in [7, 11) is 1.68. The third-order valence-corrected chi connectivity index (χ3v) is 2.80. The van der Waals surface area contributed by atoms with Crippen LogP contribution in [0.2, 0.25) is 0 Å². The Morgan fingerprint density at radius 1 is 1.57 bits per heavy atom. The van der Waals surface area contributed by atoms with Crippen LogP contribution < -0.4 is 11.1 Å². The van der Waals surface area contributed by atoms with Gasteiger partial charge in [0.1, 0.15) is 17.5 Å². The van der Waals surface area contributed by atoms with Crippen LogP contribution in [0.15, 0.2) is 30.6 Å². The Labute approximate surface area is 119 Å². The first kappa shape index (κ1) is 14.5. The summed E-state index contributed by atoms with van der Waals surface area (Å²) in [6, 6.07) is 2.41. The third kappa shape index (κ3) is 3.15. The van der Waals surface area contributed by atoms with E-state index in [1.54, 1.807) is 13.2 Å². The number of aromatic nitrogens is 2. The van der Waals surface area contributed by atoms with Gasteiger partial charge in [-0.1, -0.05) is 0 Å². The Bertz CT molecular complexity index is 697. The van der Waals surface area contributed by atoms with E-state index >= 15 is 0 Å². The van der Waals surface area contributed by atoms with Crippen molar-refractivity contribution in [2.75, 3.05) is 5.32 Å². The highest BCUT2D eigenvalue weighted by Gasteiger charge is 2.22. The summed E-state index contributed by atoms with van der Waals surface area (Å²) in [5, 5.41) is 26.4. The van der Waals surface area contributed by atoms with Gasteiger partial charge in [0.05, 0.1) is 17.2 Å². The number of nitrogens with one attached hydrogen (secondary N) is 1. The molecule has 0 saturated heterocycles. The molecule has 0 saturated carbocycles. The average molecular weight is 291 g/mol. The number of carbonyl (C=O) groups is 1. The van der Waals surface area contributed by atoms with Gasteiger partial charge in [0.25, 0.3) is 5.69 Å². The Kier molecular flexibility index (Phi) is 3.85. The lowest BCUT2D eigenvalue weighted by atomic mass is 10.1. The first-order chi connectivity index (χ1) is 9.88. The van der Waals surface area contributed by atoms with Crippen LogP contribution in [-0.4, -0.2) is 25.7 Å². The van der Waals surface area contributed by atoms with Crippen molar-refractivity contribution in [3.8, 4) is 5.75 Å². The lowest BCUT2D eigenvalue weighted by molar-refractivity contribution is -0.384. The molecule has 2 aromatic rings. The van der Waals surface area contributed by atoms with Crippen molar-refractivity contribution in [2.45, 2.75) is 6.04 Å². The molecule has 1 amide bonds. The zero-order chi connectivity index (χ0) is 15.6. The molecule has 21 heavy (non-hydrogen) atoms. The Morgan fingerprint density at radius 3 is 2.86 bits per heavy atom. The number of hydrogen-bond donors (Lipinski definition) is 3. The van der Waals surface area contributed by atoms with Crippen LogP contribution in [0.4, 0.5) is 11.4 Å². The van der Waals surface area contributed by atoms with Gasteiger partial charge in [-0.05, 0) is 12.1 Å². The summed E-state index contributed by atoms with van der Waals surface area (Å²) in [5.41, 5.74) is 5.80. The van der Waals surface area contributed by atoms with E-state index in [1.165, 1.54) is 23.0 Å². The zero-order valence-electron chi connectivity index (χ0n) is 11.1. The van der Waals surface area contributed by atoms with Crippen LogP contribution in [0.3, 0.4) is 0 Å². The predicted molar refractivity (Wildman–Crippen MR) is 73.5 cm³/mol. The fourth-order valence-corrected chi connectivity index (χ4v) is 1.74. The topological polar surface area (TPSA) is 136 Å². The number of rotatable bonds is 4. The number of phenols is 1. The van der Waals surface area contributed by atoms with Crippen molar-refractivity contribution >= 4 is 17.3 Å².